The lowest BCUT2D eigenvalue weighted by atomic mass is 10.2. The van der Waals surface area contributed by atoms with Crippen molar-refractivity contribution in [2.45, 2.75) is 26.5 Å². The van der Waals surface area contributed by atoms with Gasteiger partial charge in [0.25, 0.3) is 5.91 Å². The maximum Gasteiger partial charge on any atom is 0.355 e. The number of carbonyl (C=O) groups is 3. The number of ether oxygens (including phenoxy) is 1. The van der Waals surface area contributed by atoms with E-state index in [2.05, 4.69) is 10.6 Å². The largest absolute Gasteiger partial charge is 0.448 e. The molecule has 27 heavy (non-hydrogen) atoms. The average molecular weight is 366 g/mol. The minimum absolute atomic E-state index is 0.0311. The van der Waals surface area contributed by atoms with Gasteiger partial charge in [0.2, 0.25) is 5.91 Å². The van der Waals surface area contributed by atoms with E-state index in [1.807, 2.05) is 48.5 Å². The van der Waals surface area contributed by atoms with Gasteiger partial charge in [0.1, 0.15) is 5.70 Å². The molecule has 0 fully saturated rings. The molecule has 0 aromatic heterocycles. The minimum atomic E-state index is -1.01. The highest BCUT2D eigenvalue weighted by Crippen LogP contribution is 2.08. The first kappa shape index (κ1) is 19.9. The maximum absolute atomic E-state index is 12.4. The van der Waals surface area contributed by atoms with E-state index in [1.54, 1.807) is 12.1 Å². The molecule has 0 aliphatic heterocycles. The van der Waals surface area contributed by atoms with Crippen LogP contribution in [0, 0.1) is 0 Å². The first-order valence-electron chi connectivity index (χ1n) is 8.52. The summed E-state index contributed by atoms with van der Waals surface area (Å²) in [5.74, 6) is -1.61. The van der Waals surface area contributed by atoms with Crippen molar-refractivity contribution >= 4 is 23.9 Å². The van der Waals surface area contributed by atoms with Crippen molar-refractivity contribution < 1.29 is 19.1 Å². The number of esters is 1. The number of amides is 2. The summed E-state index contributed by atoms with van der Waals surface area (Å²) in [6, 6.07) is 18.4. The third kappa shape index (κ3) is 6.78. The standard InChI is InChI=1S/C21H22N2O4/c1-15(20(25)22-14-18-11-7-4-8-12-18)27-21(26)19(23-16(2)24)13-17-9-5-3-6-10-17/h3-13,15H,14H2,1-2H3,(H,22,25)(H,23,24)/b19-13-/t15-/m0/s1. The molecule has 0 saturated carbocycles. The molecule has 0 aliphatic carbocycles. The van der Waals surface area contributed by atoms with Gasteiger partial charge in [0.05, 0.1) is 0 Å². The molecule has 2 aromatic carbocycles. The SMILES string of the molecule is CC(=O)N/C(=C\c1ccccc1)C(=O)O[C@@H](C)C(=O)NCc1ccccc1. The van der Waals surface area contributed by atoms with Crippen LogP contribution in [0.3, 0.4) is 0 Å². The second-order valence-electron chi connectivity index (χ2n) is 5.90. The number of hydrogen-bond donors (Lipinski definition) is 2. The fraction of sp³-hybridized carbons (Fsp3) is 0.190. The van der Waals surface area contributed by atoms with Crippen LogP contribution in [0.15, 0.2) is 66.4 Å². The fourth-order valence-electron chi connectivity index (χ4n) is 2.26. The van der Waals surface area contributed by atoms with Crippen molar-refractivity contribution in [3.8, 4) is 0 Å². The zero-order valence-electron chi connectivity index (χ0n) is 15.3. The van der Waals surface area contributed by atoms with E-state index in [4.69, 9.17) is 4.74 Å². The number of nitrogens with one attached hydrogen (secondary N) is 2. The summed E-state index contributed by atoms with van der Waals surface area (Å²) in [4.78, 5) is 35.9. The lowest BCUT2D eigenvalue weighted by molar-refractivity contribution is -0.151. The Morgan fingerprint density at radius 1 is 1.00 bits per heavy atom. The van der Waals surface area contributed by atoms with Gasteiger partial charge in [-0.25, -0.2) is 4.79 Å². The highest BCUT2D eigenvalue weighted by Gasteiger charge is 2.21. The van der Waals surface area contributed by atoms with Crippen LogP contribution in [0.1, 0.15) is 25.0 Å². The summed E-state index contributed by atoms with van der Waals surface area (Å²) in [5, 5.41) is 5.16. The van der Waals surface area contributed by atoms with Crippen LogP contribution in [-0.4, -0.2) is 23.9 Å². The molecule has 1 atom stereocenters. The second-order valence-corrected chi connectivity index (χ2v) is 5.90. The van der Waals surface area contributed by atoms with Gasteiger partial charge in [-0.3, -0.25) is 9.59 Å². The normalized spacial score (nSPS) is 12.0. The maximum atomic E-state index is 12.4. The van der Waals surface area contributed by atoms with Gasteiger partial charge in [0.15, 0.2) is 6.10 Å². The number of carbonyl (C=O) groups excluding carboxylic acids is 3. The van der Waals surface area contributed by atoms with Crippen molar-refractivity contribution in [1.82, 2.24) is 10.6 Å². The van der Waals surface area contributed by atoms with Gasteiger partial charge >= 0.3 is 5.97 Å². The fourth-order valence-corrected chi connectivity index (χ4v) is 2.26. The van der Waals surface area contributed by atoms with E-state index < -0.39 is 23.9 Å². The lowest BCUT2D eigenvalue weighted by Crippen LogP contribution is -2.37. The Kier molecular flexibility index (Phi) is 7.31. The van der Waals surface area contributed by atoms with Crippen LogP contribution in [0.5, 0.6) is 0 Å². The third-order valence-electron chi connectivity index (χ3n) is 3.60. The molecule has 0 saturated heterocycles. The first-order valence-corrected chi connectivity index (χ1v) is 8.52. The highest BCUT2D eigenvalue weighted by molar-refractivity contribution is 5.98. The van der Waals surface area contributed by atoms with E-state index in [0.29, 0.717) is 6.54 Å². The molecule has 6 nitrogen and oxygen atoms in total. The van der Waals surface area contributed by atoms with Crippen LogP contribution in [0.25, 0.3) is 6.08 Å². The molecule has 0 heterocycles. The van der Waals surface area contributed by atoms with E-state index in [1.165, 1.54) is 19.9 Å². The molecule has 2 N–H and O–H groups in total. The van der Waals surface area contributed by atoms with Gasteiger partial charge in [-0.2, -0.15) is 0 Å². The number of benzene rings is 2. The van der Waals surface area contributed by atoms with Crippen molar-refractivity contribution in [3.63, 3.8) is 0 Å². The Morgan fingerprint density at radius 2 is 1.59 bits per heavy atom. The van der Waals surface area contributed by atoms with E-state index in [0.717, 1.165) is 11.1 Å². The van der Waals surface area contributed by atoms with Crippen molar-refractivity contribution in [3.05, 3.63) is 77.5 Å². The highest BCUT2D eigenvalue weighted by atomic mass is 16.5. The molecule has 0 aliphatic rings. The zero-order chi connectivity index (χ0) is 19.6. The zero-order valence-corrected chi connectivity index (χ0v) is 15.3. The molecule has 6 heteroatoms. The Bertz CT molecular complexity index is 817. The van der Waals surface area contributed by atoms with E-state index >= 15 is 0 Å². The van der Waals surface area contributed by atoms with Crippen LogP contribution in [0.4, 0.5) is 0 Å². The molecule has 140 valence electrons. The van der Waals surface area contributed by atoms with Gasteiger partial charge < -0.3 is 15.4 Å². The second kappa shape index (κ2) is 9.91. The van der Waals surface area contributed by atoms with Crippen molar-refractivity contribution in [2.75, 3.05) is 0 Å². The Morgan fingerprint density at radius 3 is 2.19 bits per heavy atom. The van der Waals surface area contributed by atoms with Crippen LogP contribution in [0.2, 0.25) is 0 Å². The summed E-state index contributed by atoms with van der Waals surface area (Å²) in [7, 11) is 0. The molecular formula is C21H22N2O4. The molecule has 0 radical (unpaired) electrons. The van der Waals surface area contributed by atoms with Crippen molar-refractivity contribution in [1.29, 1.82) is 0 Å². The monoisotopic (exact) mass is 366 g/mol. The molecule has 0 spiro atoms. The Balaban J connectivity index is 1.99. The summed E-state index contributed by atoms with van der Waals surface area (Å²) in [5.41, 5.74) is 1.63. The van der Waals surface area contributed by atoms with Gasteiger partial charge in [-0.05, 0) is 24.1 Å². The van der Waals surface area contributed by atoms with Gasteiger partial charge in [-0.15, -0.1) is 0 Å². The predicted octanol–water partition coefficient (Wildman–Crippen LogP) is 2.41. The summed E-state index contributed by atoms with van der Waals surface area (Å²) in [6.07, 6.45) is 0.493. The van der Waals surface area contributed by atoms with Gasteiger partial charge in [0, 0.05) is 13.5 Å². The molecular weight excluding hydrogens is 344 g/mol. The van der Waals surface area contributed by atoms with Crippen molar-refractivity contribution in [2.24, 2.45) is 0 Å². The van der Waals surface area contributed by atoms with Crippen LogP contribution >= 0.6 is 0 Å². The first-order chi connectivity index (χ1) is 13.0. The number of rotatable bonds is 7. The molecule has 2 rings (SSSR count). The molecule has 0 unspecified atom stereocenters. The number of hydrogen-bond acceptors (Lipinski definition) is 4. The molecule has 0 bridgehead atoms. The van der Waals surface area contributed by atoms with Gasteiger partial charge in [-0.1, -0.05) is 60.7 Å². The minimum Gasteiger partial charge on any atom is -0.448 e. The quantitative estimate of drug-likeness (QED) is 0.582. The third-order valence-corrected chi connectivity index (χ3v) is 3.60. The molecule has 2 aromatic rings. The summed E-state index contributed by atoms with van der Waals surface area (Å²) < 4.78 is 5.20. The Labute approximate surface area is 158 Å². The van der Waals surface area contributed by atoms with Crippen LogP contribution in [-0.2, 0) is 25.7 Å². The summed E-state index contributed by atoms with van der Waals surface area (Å²) >= 11 is 0. The topological polar surface area (TPSA) is 84.5 Å². The lowest BCUT2D eigenvalue weighted by Gasteiger charge is -2.15. The summed E-state index contributed by atoms with van der Waals surface area (Å²) in [6.45, 7) is 3.11. The smallest absolute Gasteiger partial charge is 0.355 e. The van der Waals surface area contributed by atoms with Crippen LogP contribution < -0.4 is 10.6 Å². The Hall–Kier alpha value is -3.41. The molecule has 2 amide bonds. The average Bonchev–Trinajstić information content (AvgIpc) is 2.66. The predicted molar refractivity (Wildman–Crippen MR) is 102 cm³/mol. The van der Waals surface area contributed by atoms with E-state index in [9.17, 15) is 14.4 Å². The van der Waals surface area contributed by atoms with E-state index in [-0.39, 0.29) is 5.70 Å².